The van der Waals surface area contributed by atoms with Crippen LogP contribution in [0, 0.1) is 17.2 Å². The largest absolute Gasteiger partial charge is 0.473 e. The minimum absolute atomic E-state index is 0.424. The van der Waals surface area contributed by atoms with Gasteiger partial charge in [-0.1, -0.05) is 20.8 Å². The lowest BCUT2D eigenvalue weighted by Gasteiger charge is -2.15. The van der Waals surface area contributed by atoms with Crippen LogP contribution in [-0.2, 0) is 6.54 Å². The normalized spacial score (nSPS) is 12.2. The summed E-state index contributed by atoms with van der Waals surface area (Å²) in [5.41, 5.74) is 1.17. The number of hydrogen-bond donors (Lipinski definition) is 1. The molecule has 1 aromatic rings. The third-order valence-corrected chi connectivity index (χ3v) is 3.89. The summed E-state index contributed by atoms with van der Waals surface area (Å²) in [4.78, 5) is 0. The molecule has 1 aromatic carbocycles. The Morgan fingerprint density at radius 1 is 1.30 bits per heavy atom. The number of halogens is 2. The molecule has 0 aromatic heterocycles. The molecule has 1 atom stereocenters. The van der Waals surface area contributed by atoms with E-state index in [1.807, 2.05) is 19.1 Å². The summed E-state index contributed by atoms with van der Waals surface area (Å²) in [5, 5.41) is 12.4. The fraction of sp³-hybridized carbons (Fsp3) is 0.533. The Hall–Kier alpha value is -0.570. The third-order valence-electron chi connectivity index (χ3n) is 2.71. The van der Waals surface area contributed by atoms with Gasteiger partial charge in [0.2, 0.25) is 0 Å². The third kappa shape index (κ3) is 5.43. The fourth-order valence-electron chi connectivity index (χ4n) is 1.68. The molecular formula is C15H20Br2N2O. The van der Waals surface area contributed by atoms with Crippen molar-refractivity contribution in [3.8, 4) is 11.8 Å². The molecule has 0 bridgehead atoms. The highest BCUT2D eigenvalue weighted by Crippen LogP contribution is 2.35. The first-order chi connectivity index (χ1) is 9.47. The smallest absolute Gasteiger partial charge is 0.184 e. The van der Waals surface area contributed by atoms with Crippen molar-refractivity contribution < 1.29 is 4.74 Å². The summed E-state index contributed by atoms with van der Waals surface area (Å²) in [7, 11) is 0. The molecule has 0 saturated carbocycles. The number of nitrogens with zero attached hydrogens (tertiary/aromatic N) is 1. The lowest BCUT2D eigenvalue weighted by molar-refractivity contribution is 0.248. The van der Waals surface area contributed by atoms with E-state index in [0.717, 1.165) is 22.0 Å². The second-order valence-electron chi connectivity index (χ2n) is 5.06. The van der Waals surface area contributed by atoms with Crippen LogP contribution >= 0.6 is 31.9 Å². The molecule has 0 saturated heterocycles. The predicted molar refractivity (Wildman–Crippen MR) is 88.7 cm³/mol. The second kappa shape index (κ2) is 8.66. The van der Waals surface area contributed by atoms with Gasteiger partial charge < -0.3 is 10.1 Å². The van der Waals surface area contributed by atoms with Gasteiger partial charge in [-0.25, -0.2) is 0 Å². The van der Waals surface area contributed by atoms with Crippen LogP contribution in [0.5, 0.6) is 5.75 Å². The molecule has 0 aliphatic heterocycles. The molecule has 1 unspecified atom stereocenters. The van der Waals surface area contributed by atoms with Crippen molar-refractivity contribution in [3.05, 3.63) is 26.6 Å². The predicted octanol–water partition coefficient (Wildman–Crippen LogP) is 4.64. The number of benzene rings is 1. The van der Waals surface area contributed by atoms with Gasteiger partial charge in [0.1, 0.15) is 11.8 Å². The zero-order valence-corrected chi connectivity index (χ0v) is 15.2. The Kier molecular flexibility index (Phi) is 7.57. The average Bonchev–Trinajstić information content (AvgIpc) is 2.38. The molecule has 0 fully saturated rings. The van der Waals surface area contributed by atoms with Gasteiger partial charge in [0.15, 0.2) is 6.10 Å². The summed E-state index contributed by atoms with van der Waals surface area (Å²) in [6.07, 6.45) is 0.236. The van der Waals surface area contributed by atoms with E-state index in [4.69, 9.17) is 10.00 Å². The molecule has 1 N–H and O–H groups in total. The van der Waals surface area contributed by atoms with Gasteiger partial charge in [-0.3, -0.25) is 0 Å². The van der Waals surface area contributed by atoms with Crippen molar-refractivity contribution in [1.82, 2.24) is 5.32 Å². The molecule has 3 nitrogen and oxygen atoms in total. The van der Waals surface area contributed by atoms with E-state index in [0.29, 0.717) is 18.1 Å². The Balaban J connectivity index is 2.78. The van der Waals surface area contributed by atoms with Crippen LogP contribution in [0.4, 0.5) is 0 Å². The van der Waals surface area contributed by atoms with Crippen LogP contribution in [0.1, 0.15) is 32.8 Å². The van der Waals surface area contributed by atoms with Crippen LogP contribution in [0.3, 0.4) is 0 Å². The highest BCUT2D eigenvalue weighted by Gasteiger charge is 2.13. The van der Waals surface area contributed by atoms with Crippen molar-refractivity contribution in [2.24, 2.45) is 5.92 Å². The number of hydrogen-bond acceptors (Lipinski definition) is 3. The topological polar surface area (TPSA) is 45.0 Å². The van der Waals surface area contributed by atoms with Crippen LogP contribution in [-0.4, -0.2) is 12.6 Å². The number of nitriles is 1. The Morgan fingerprint density at radius 2 is 1.90 bits per heavy atom. The second-order valence-corrected chi connectivity index (χ2v) is 6.77. The number of ether oxygens (including phenoxy) is 1. The van der Waals surface area contributed by atoms with Gasteiger partial charge in [-0.15, -0.1) is 0 Å². The molecule has 0 heterocycles. The first kappa shape index (κ1) is 17.5. The van der Waals surface area contributed by atoms with Crippen LogP contribution in [0.25, 0.3) is 0 Å². The van der Waals surface area contributed by atoms with E-state index in [2.05, 4.69) is 57.1 Å². The first-order valence-corrected chi connectivity index (χ1v) is 8.31. The number of rotatable bonds is 7. The fourth-order valence-corrected chi connectivity index (χ4v) is 3.14. The monoisotopic (exact) mass is 402 g/mol. The van der Waals surface area contributed by atoms with E-state index < -0.39 is 6.10 Å². The molecule has 20 heavy (non-hydrogen) atoms. The van der Waals surface area contributed by atoms with Gasteiger partial charge in [0.25, 0.3) is 0 Å². The average molecular weight is 404 g/mol. The van der Waals surface area contributed by atoms with E-state index in [9.17, 15) is 0 Å². The maximum Gasteiger partial charge on any atom is 0.184 e. The zero-order chi connectivity index (χ0) is 15.1. The summed E-state index contributed by atoms with van der Waals surface area (Å²) in [6.45, 7) is 8.09. The minimum Gasteiger partial charge on any atom is -0.473 e. The van der Waals surface area contributed by atoms with Gasteiger partial charge in [0.05, 0.1) is 8.95 Å². The molecule has 0 aliphatic carbocycles. The van der Waals surface area contributed by atoms with Crippen LogP contribution < -0.4 is 10.1 Å². The molecule has 0 spiro atoms. The van der Waals surface area contributed by atoms with E-state index >= 15 is 0 Å². The van der Waals surface area contributed by atoms with Gasteiger partial charge in [-0.05, 0) is 68.4 Å². The minimum atomic E-state index is -0.424. The Labute approximate surface area is 138 Å². The van der Waals surface area contributed by atoms with Crippen molar-refractivity contribution in [3.63, 3.8) is 0 Å². The maximum atomic E-state index is 8.98. The summed E-state index contributed by atoms with van der Waals surface area (Å²) in [5.74, 6) is 1.32. The molecule has 1 rings (SSSR count). The molecule has 0 aliphatic rings. The van der Waals surface area contributed by atoms with Crippen molar-refractivity contribution in [1.29, 1.82) is 5.26 Å². The summed E-state index contributed by atoms with van der Waals surface area (Å²) < 4.78 is 7.42. The van der Waals surface area contributed by atoms with E-state index in [1.54, 1.807) is 0 Å². The van der Waals surface area contributed by atoms with Gasteiger partial charge in [-0.2, -0.15) is 5.26 Å². The SMILES string of the molecule is CCC(C#N)Oc1c(Br)cc(CNCC(C)C)cc1Br. The highest BCUT2D eigenvalue weighted by atomic mass is 79.9. The van der Waals surface area contributed by atoms with Crippen LogP contribution in [0.15, 0.2) is 21.1 Å². The van der Waals surface area contributed by atoms with Crippen molar-refractivity contribution >= 4 is 31.9 Å². The molecule has 110 valence electrons. The first-order valence-electron chi connectivity index (χ1n) is 6.72. The number of nitrogens with one attached hydrogen (secondary N) is 1. The van der Waals surface area contributed by atoms with Crippen molar-refractivity contribution in [2.45, 2.75) is 39.8 Å². The van der Waals surface area contributed by atoms with Crippen molar-refractivity contribution in [2.75, 3.05) is 6.54 Å². The van der Waals surface area contributed by atoms with Gasteiger partial charge in [0, 0.05) is 6.54 Å². The Bertz CT molecular complexity index is 460. The molecular weight excluding hydrogens is 384 g/mol. The maximum absolute atomic E-state index is 8.98. The van der Waals surface area contributed by atoms with Gasteiger partial charge >= 0.3 is 0 Å². The lowest BCUT2D eigenvalue weighted by atomic mass is 10.2. The Morgan fingerprint density at radius 3 is 2.35 bits per heavy atom. The molecule has 0 amide bonds. The zero-order valence-electron chi connectivity index (χ0n) is 12.0. The summed E-state index contributed by atoms with van der Waals surface area (Å²) in [6, 6.07) is 6.19. The van der Waals surface area contributed by atoms with E-state index in [-0.39, 0.29) is 0 Å². The molecule has 5 heteroatoms. The van der Waals surface area contributed by atoms with Crippen LogP contribution in [0.2, 0.25) is 0 Å². The quantitative estimate of drug-likeness (QED) is 0.721. The van der Waals surface area contributed by atoms with E-state index in [1.165, 1.54) is 5.56 Å². The molecule has 0 radical (unpaired) electrons. The highest BCUT2D eigenvalue weighted by molar-refractivity contribution is 9.11. The lowest BCUT2D eigenvalue weighted by Crippen LogP contribution is -2.19. The summed E-state index contributed by atoms with van der Waals surface area (Å²) >= 11 is 7.03. The standard InChI is InChI=1S/C15H20Br2N2O/c1-4-12(7-18)20-15-13(16)5-11(6-14(15)17)9-19-8-10(2)3/h5-6,10,12,19H,4,8-9H2,1-3H3.